The Hall–Kier alpha value is -3.13. The van der Waals surface area contributed by atoms with Gasteiger partial charge in [-0.15, -0.1) is 0 Å². The van der Waals surface area contributed by atoms with Gasteiger partial charge in [0, 0.05) is 6.54 Å². The molecule has 7 nitrogen and oxygen atoms in total. The van der Waals surface area contributed by atoms with Crippen molar-refractivity contribution in [2.75, 3.05) is 18.5 Å². The second-order valence-corrected chi connectivity index (χ2v) is 7.87. The van der Waals surface area contributed by atoms with Gasteiger partial charge in [-0.05, 0) is 30.3 Å². The highest BCUT2D eigenvalue weighted by Gasteiger charge is 2.31. The molecule has 0 saturated heterocycles. The normalized spacial score (nSPS) is 11.8. The number of hydrogen-bond acceptors (Lipinski definition) is 5. The predicted molar refractivity (Wildman–Crippen MR) is 97.2 cm³/mol. The Bertz CT molecular complexity index is 1120. The van der Waals surface area contributed by atoms with E-state index >= 15 is 0 Å². The van der Waals surface area contributed by atoms with Crippen molar-refractivity contribution in [3.8, 4) is 0 Å². The molecule has 2 aromatic carbocycles. The molecular weight excluding hydrogens is 470 g/mol. The molecule has 32 heavy (non-hydrogen) atoms. The van der Waals surface area contributed by atoms with Crippen LogP contribution in [0.2, 0.25) is 0 Å². The Morgan fingerprint density at radius 2 is 1.69 bits per heavy atom. The Morgan fingerprint density at radius 3 is 2.34 bits per heavy atom. The van der Waals surface area contributed by atoms with Crippen LogP contribution in [0.5, 0.6) is 0 Å². The first-order chi connectivity index (χ1) is 14.8. The number of halogens is 6. The van der Waals surface area contributed by atoms with Crippen LogP contribution in [0, 0.1) is 17.5 Å². The molecule has 0 aliphatic carbocycles. The van der Waals surface area contributed by atoms with Gasteiger partial charge in [0.1, 0.15) is 0 Å². The fraction of sp³-hybridized carbons (Fsp3) is 0.222. The molecule has 2 N–H and O–H groups in total. The van der Waals surface area contributed by atoms with Crippen LogP contribution in [-0.2, 0) is 30.5 Å². The van der Waals surface area contributed by atoms with E-state index in [1.165, 1.54) is 0 Å². The number of hydrogen-bond donors (Lipinski definition) is 2. The third-order valence-corrected chi connectivity index (χ3v) is 5.23. The summed E-state index contributed by atoms with van der Waals surface area (Å²) in [6.45, 7) is -1.51. The quantitative estimate of drug-likeness (QED) is 0.341. The smallest absolute Gasteiger partial charge is 0.416 e. The van der Waals surface area contributed by atoms with Gasteiger partial charge in [-0.1, -0.05) is 6.07 Å². The predicted octanol–water partition coefficient (Wildman–Crippen LogP) is 2.97. The number of amides is 1. The SMILES string of the molecule is O=C(COC(=O)CCNS(=O)(=O)c1cccc(C(F)(F)F)c1)Nc1ccc(F)c(F)c1F. The Balaban J connectivity index is 1.83. The lowest BCUT2D eigenvalue weighted by Crippen LogP contribution is -2.28. The van der Waals surface area contributed by atoms with Crippen molar-refractivity contribution in [3.63, 3.8) is 0 Å². The summed E-state index contributed by atoms with van der Waals surface area (Å²) >= 11 is 0. The molecule has 2 rings (SSSR count). The van der Waals surface area contributed by atoms with Crippen molar-refractivity contribution in [3.05, 3.63) is 59.4 Å². The zero-order valence-electron chi connectivity index (χ0n) is 15.8. The van der Waals surface area contributed by atoms with E-state index in [9.17, 15) is 44.3 Å². The lowest BCUT2D eigenvalue weighted by atomic mass is 10.2. The van der Waals surface area contributed by atoms with Gasteiger partial charge in [-0.3, -0.25) is 9.59 Å². The third-order valence-electron chi connectivity index (χ3n) is 3.77. The van der Waals surface area contributed by atoms with Gasteiger partial charge in [0.15, 0.2) is 24.1 Å². The highest BCUT2D eigenvalue weighted by Crippen LogP contribution is 2.30. The van der Waals surface area contributed by atoms with Crippen molar-refractivity contribution >= 4 is 27.6 Å². The van der Waals surface area contributed by atoms with E-state index in [1.807, 2.05) is 10.0 Å². The Labute approximate surface area is 177 Å². The fourth-order valence-electron chi connectivity index (χ4n) is 2.24. The highest BCUT2D eigenvalue weighted by atomic mass is 32.2. The van der Waals surface area contributed by atoms with Crippen LogP contribution in [0.1, 0.15) is 12.0 Å². The summed E-state index contributed by atoms with van der Waals surface area (Å²) in [5.41, 5.74) is -1.87. The molecule has 0 unspecified atom stereocenters. The summed E-state index contributed by atoms with van der Waals surface area (Å²) in [6, 6.07) is 4.25. The molecule has 0 bridgehead atoms. The Kier molecular flexibility index (Phi) is 7.85. The van der Waals surface area contributed by atoms with Gasteiger partial charge in [0.25, 0.3) is 5.91 Å². The van der Waals surface area contributed by atoms with Crippen molar-refractivity contribution in [1.29, 1.82) is 0 Å². The Morgan fingerprint density at radius 1 is 1.00 bits per heavy atom. The largest absolute Gasteiger partial charge is 0.456 e. The number of rotatable bonds is 8. The van der Waals surface area contributed by atoms with Crippen LogP contribution in [0.4, 0.5) is 32.0 Å². The van der Waals surface area contributed by atoms with E-state index in [1.54, 1.807) is 0 Å². The summed E-state index contributed by atoms with van der Waals surface area (Å²) < 4.78 is 108. The summed E-state index contributed by atoms with van der Waals surface area (Å²) in [6.07, 6.45) is -5.34. The molecule has 0 saturated carbocycles. The van der Waals surface area contributed by atoms with Crippen LogP contribution >= 0.6 is 0 Å². The summed E-state index contributed by atoms with van der Waals surface area (Å²) in [4.78, 5) is 22.6. The molecule has 0 aliphatic rings. The molecule has 0 radical (unpaired) electrons. The van der Waals surface area contributed by atoms with Crippen LogP contribution in [0.25, 0.3) is 0 Å². The minimum atomic E-state index is -4.75. The average molecular weight is 484 g/mol. The first-order valence-corrected chi connectivity index (χ1v) is 10.1. The van der Waals surface area contributed by atoms with Crippen molar-refractivity contribution in [2.24, 2.45) is 0 Å². The number of carbonyl (C=O) groups is 2. The molecule has 174 valence electrons. The maximum atomic E-state index is 13.5. The number of esters is 1. The average Bonchev–Trinajstić information content (AvgIpc) is 2.72. The second kappa shape index (κ2) is 9.99. The standard InChI is InChI=1S/C18H14F6N2O5S/c19-12-4-5-13(17(21)16(12)20)26-14(27)9-31-15(28)6-7-25-32(29,30)11-3-1-2-10(8-11)18(22,23)24/h1-5,8,25H,6-7,9H2,(H,26,27). The van der Waals surface area contributed by atoms with Gasteiger partial charge in [0.2, 0.25) is 10.0 Å². The molecule has 0 fully saturated rings. The molecule has 0 aliphatic heterocycles. The number of alkyl halides is 3. The van der Waals surface area contributed by atoms with Crippen molar-refractivity contribution in [2.45, 2.75) is 17.5 Å². The van der Waals surface area contributed by atoms with E-state index in [4.69, 9.17) is 0 Å². The van der Waals surface area contributed by atoms with Gasteiger partial charge >= 0.3 is 12.1 Å². The number of carbonyl (C=O) groups excluding carboxylic acids is 2. The van der Waals surface area contributed by atoms with E-state index in [0.717, 1.165) is 18.2 Å². The van der Waals surface area contributed by atoms with Gasteiger partial charge in [0.05, 0.1) is 22.6 Å². The van der Waals surface area contributed by atoms with Crippen molar-refractivity contribution < 1.29 is 49.1 Å². The summed E-state index contributed by atoms with van der Waals surface area (Å²) in [5.74, 6) is -7.11. The van der Waals surface area contributed by atoms with E-state index in [-0.39, 0.29) is 0 Å². The first-order valence-electron chi connectivity index (χ1n) is 8.57. The number of ether oxygens (including phenoxy) is 1. The monoisotopic (exact) mass is 484 g/mol. The van der Waals surface area contributed by atoms with E-state index in [2.05, 4.69) is 4.74 Å². The van der Waals surface area contributed by atoms with Crippen LogP contribution in [0.15, 0.2) is 41.3 Å². The lowest BCUT2D eigenvalue weighted by Gasteiger charge is -2.10. The van der Waals surface area contributed by atoms with E-state index in [0.29, 0.717) is 18.2 Å². The molecule has 1 amide bonds. The molecule has 0 atom stereocenters. The molecule has 0 heterocycles. The van der Waals surface area contributed by atoms with Gasteiger partial charge in [-0.2, -0.15) is 13.2 Å². The minimum absolute atomic E-state index is 0.419. The fourth-order valence-corrected chi connectivity index (χ4v) is 3.31. The first kappa shape index (κ1) is 25.1. The van der Waals surface area contributed by atoms with Crippen LogP contribution in [0.3, 0.4) is 0 Å². The maximum Gasteiger partial charge on any atom is 0.416 e. The van der Waals surface area contributed by atoms with E-state index < -0.39 is 81.2 Å². The van der Waals surface area contributed by atoms with Gasteiger partial charge < -0.3 is 10.1 Å². The van der Waals surface area contributed by atoms with Crippen molar-refractivity contribution in [1.82, 2.24) is 4.72 Å². The molecular formula is C18H14F6N2O5S. The van der Waals surface area contributed by atoms with Crippen LogP contribution in [-0.4, -0.2) is 33.4 Å². The number of anilines is 1. The topological polar surface area (TPSA) is 102 Å². The number of sulfonamides is 1. The minimum Gasteiger partial charge on any atom is -0.456 e. The molecule has 14 heteroatoms. The zero-order valence-corrected chi connectivity index (χ0v) is 16.6. The maximum absolute atomic E-state index is 13.5. The number of benzene rings is 2. The van der Waals surface area contributed by atoms with Gasteiger partial charge in [-0.25, -0.2) is 26.3 Å². The summed E-state index contributed by atoms with van der Waals surface area (Å²) in [7, 11) is -4.37. The van der Waals surface area contributed by atoms with Crippen LogP contribution < -0.4 is 10.0 Å². The molecule has 0 spiro atoms. The third kappa shape index (κ3) is 6.68. The molecule has 2 aromatic rings. The second-order valence-electron chi connectivity index (χ2n) is 6.11. The lowest BCUT2D eigenvalue weighted by molar-refractivity contribution is -0.147. The number of nitrogens with one attached hydrogen (secondary N) is 2. The summed E-state index contributed by atoms with van der Waals surface area (Å²) in [5, 5.41) is 1.85. The highest BCUT2D eigenvalue weighted by molar-refractivity contribution is 7.89. The molecule has 0 aromatic heterocycles. The zero-order chi connectivity index (χ0) is 24.1.